The maximum atomic E-state index is 15.0. The number of alkyl halides is 5. The molecule has 3 N–H and O–H groups in total. The molecule has 2 aromatic carbocycles. The standard InChI is InChI=1S/C23H17Cl3F5N3O3/c24-13-3-2-10(32-19(36)12-9-22(12,25)26)8-11(13)18(35)33-15-5-4-14(27)17(16(15)28)34-20(37)21(6-1-7-21)23(29,30)31/h2-5,8,12H,1,6-7,9H2,(H,32,36)(H,33,35)(H,34,37). The Kier molecular flexibility index (Phi) is 7.11. The summed E-state index contributed by atoms with van der Waals surface area (Å²) in [6, 6.07) is 5.38. The zero-order valence-corrected chi connectivity index (χ0v) is 20.8. The second-order valence-corrected chi connectivity index (χ2v) is 10.8. The Hall–Kier alpha value is -2.63. The Morgan fingerprint density at radius 1 is 0.973 bits per heavy atom. The van der Waals surface area contributed by atoms with Crippen LogP contribution in [0, 0.1) is 23.0 Å². The predicted octanol–water partition coefficient (Wildman–Crippen LogP) is 6.67. The van der Waals surface area contributed by atoms with Crippen LogP contribution in [0.15, 0.2) is 30.3 Å². The van der Waals surface area contributed by atoms with Gasteiger partial charge in [0.15, 0.2) is 5.82 Å². The molecule has 0 saturated heterocycles. The summed E-state index contributed by atoms with van der Waals surface area (Å²) in [6.45, 7) is 0. The third kappa shape index (κ3) is 5.21. The summed E-state index contributed by atoms with van der Waals surface area (Å²) in [5.74, 6) is -6.54. The van der Waals surface area contributed by atoms with E-state index < -0.39 is 75.4 Å². The molecule has 1 unspecified atom stereocenters. The van der Waals surface area contributed by atoms with Crippen LogP contribution in [-0.2, 0) is 9.59 Å². The molecular weight excluding hydrogens is 568 g/mol. The predicted molar refractivity (Wildman–Crippen MR) is 128 cm³/mol. The van der Waals surface area contributed by atoms with Crippen LogP contribution in [0.4, 0.5) is 39.0 Å². The minimum absolute atomic E-state index is 0.0842. The number of halogens is 8. The first kappa shape index (κ1) is 27.4. The molecule has 0 bridgehead atoms. The van der Waals surface area contributed by atoms with Crippen LogP contribution in [-0.4, -0.2) is 28.2 Å². The zero-order valence-electron chi connectivity index (χ0n) is 18.5. The van der Waals surface area contributed by atoms with Crippen molar-refractivity contribution in [1.82, 2.24) is 0 Å². The second kappa shape index (κ2) is 9.59. The molecule has 14 heteroatoms. The molecule has 0 aliphatic heterocycles. The van der Waals surface area contributed by atoms with Crippen LogP contribution in [0.5, 0.6) is 0 Å². The van der Waals surface area contributed by atoms with E-state index in [0.29, 0.717) is 6.07 Å². The van der Waals surface area contributed by atoms with Crippen molar-refractivity contribution in [2.45, 2.75) is 36.2 Å². The summed E-state index contributed by atoms with van der Waals surface area (Å²) in [5.41, 5.74) is -4.56. The number of hydrogen-bond donors (Lipinski definition) is 3. The van der Waals surface area contributed by atoms with E-state index in [1.807, 2.05) is 0 Å². The molecule has 0 heterocycles. The molecule has 2 fully saturated rings. The lowest BCUT2D eigenvalue weighted by atomic mass is 9.67. The van der Waals surface area contributed by atoms with Crippen LogP contribution in [0.1, 0.15) is 36.0 Å². The Morgan fingerprint density at radius 2 is 1.62 bits per heavy atom. The quantitative estimate of drug-likeness (QED) is 0.262. The average Bonchev–Trinajstić information content (AvgIpc) is 3.40. The van der Waals surface area contributed by atoms with Gasteiger partial charge in [0.25, 0.3) is 5.91 Å². The lowest BCUT2D eigenvalue weighted by molar-refractivity contribution is -0.240. The highest BCUT2D eigenvalue weighted by atomic mass is 35.5. The molecule has 2 aliphatic rings. The van der Waals surface area contributed by atoms with E-state index in [0.717, 1.165) is 6.07 Å². The van der Waals surface area contributed by atoms with Gasteiger partial charge in [0.05, 0.1) is 22.2 Å². The van der Waals surface area contributed by atoms with Gasteiger partial charge in [0.1, 0.15) is 21.3 Å². The van der Waals surface area contributed by atoms with Crippen LogP contribution >= 0.6 is 34.8 Å². The lowest BCUT2D eigenvalue weighted by Gasteiger charge is -2.41. The maximum absolute atomic E-state index is 15.0. The number of benzene rings is 2. The molecule has 2 aliphatic carbocycles. The summed E-state index contributed by atoms with van der Waals surface area (Å²) >= 11 is 17.8. The Balaban J connectivity index is 1.53. The van der Waals surface area contributed by atoms with Crippen LogP contribution in [0.2, 0.25) is 5.02 Å². The Labute approximate surface area is 221 Å². The van der Waals surface area contributed by atoms with Crippen molar-refractivity contribution in [2.75, 3.05) is 16.0 Å². The average molecular weight is 585 g/mol. The number of nitrogens with one attached hydrogen (secondary N) is 3. The monoisotopic (exact) mass is 583 g/mol. The number of amides is 3. The fourth-order valence-corrected chi connectivity index (χ4v) is 4.57. The van der Waals surface area contributed by atoms with E-state index in [2.05, 4.69) is 10.6 Å². The van der Waals surface area contributed by atoms with E-state index in [9.17, 15) is 31.9 Å². The highest BCUT2D eigenvalue weighted by Crippen LogP contribution is 2.54. The number of carbonyl (C=O) groups is 3. The van der Waals surface area contributed by atoms with Crippen molar-refractivity contribution in [2.24, 2.45) is 11.3 Å². The highest BCUT2D eigenvalue weighted by Gasteiger charge is 2.63. The number of carbonyl (C=O) groups excluding carboxylic acids is 3. The van der Waals surface area contributed by atoms with Gasteiger partial charge in [-0.2, -0.15) is 13.2 Å². The minimum atomic E-state index is -4.90. The van der Waals surface area contributed by atoms with Gasteiger partial charge >= 0.3 is 6.18 Å². The first-order valence-corrected chi connectivity index (χ1v) is 12.0. The van der Waals surface area contributed by atoms with Gasteiger partial charge in [-0.05, 0) is 49.6 Å². The molecule has 1 atom stereocenters. The third-order valence-corrected chi connectivity index (χ3v) is 7.55. The van der Waals surface area contributed by atoms with E-state index in [1.54, 1.807) is 5.32 Å². The molecule has 0 aromatic heterocycles. The molecule has 4 rings (SSSR count). The van der Waals surface area contributed by atoms with E-state index in [-0.39, 0.29) is 29.1 Å². The normalized spacial score (nSPS) is 19.4. The lowest BCUT2D eigenvalue weighted by Crippen LogP contribution is -2.52. The molecule has 198 valence electrons. The fraction of sp³-hybridized carbons (Fsp3) is 0.348. The number of anilines is 3. The summed E-state index contributed by atoms with van der Waals surface area (Å²) in [7, 11) is 0. The van der Waals surface area contributed by atoms with Gasteiger partial charge in [-0.25, -0.2) is 8.78 Å². The van der Waals surface area contributed by atoms with Gasteiger partial charge < -0.3 is 16.0 Å². The molecule has 2 aromatic rings. The van der Waals surface area contributed by atoms with Crippen molar-refractivity contribution in [3.63, 3.8) is 0 Å². The maximum Gasteiger partial charge on any atom is 0.403 e. The number of hydrogen-bond acceptors (Lipinski definition) is 3. The highest BCUT2D eigenvalue weighted by molar-refractivity contribution is 6.52. The van der Waals surface area contributed by atoms with Gasteiger partial charge in [0, 0.05) is 5.69 Å². The van der Waals surface area contributed by atoms with E-state index in [4.69, 9.17) is 34.8 Å². The molecule has 0 radical (unpaired) electrons. The van der Waals surface area contributed by atoms with E-state index in [1.165, 1.54) is 18.2 Å². The SMILES string of the molecule is O=C(Nc1ccc(F)c(NC(=O)C2(C(F)(F)F)CCC2)c1F)c1cc(NC(=O)C2CC2(Cl)Cl)ccc1Cl. The summed E-state index contributed by atoms with van der Waals surface area (Å²) in [6.07, 6.45) is -5.54. The van der Waals surface area contributed by atoms with E-state index >= 15 is 4.39 Å². The van der Waals surface area contributed by atoms with Crippen molar-refractivity contribution in [1.29, 1.82) is 0 Å². The second-order valence-electron chi connectivity index (χ2n) is 8.83. The molecule has 37 heavy (non-hydrogen) atoms. The Bertz CT molecular complexity index is 1300. The van der Waals surface area contributed by atoms with Gasteiger partial charge in [-0.15, -0.1) is 23.2 Å². The molecule has 3 amide bonds. The largest absolute Gasteiger partial charge is 0.403 e. The van der Waals surface area contributed by atoms with Crippen molar-refractivity contribution in [3.8, 4) is 0 Å². The van der Waals surface area contributed by atoms with Gasteiger partial charge in [-0.3, -0.25) is 14.4 Å². The third-order valence-electron chi connectivity index (χ3n) is 6.38. The first-order valence-electron chi connectivity index (χ1n) is 10.8. The van der Waals surface area contributed by atoms with Crippen molar-refractivity contribution >= 4 is 69.6 Å². The molecular formula is C23H17Cl3F5N3O3. The van der Waals surface area contributed by atoms with Crippen molar-refractivity contribution in [3.05, 3.63) is 52.6 Å². The van der Waals surface area contributed by atoms with Crippen LogP contribution < -0.4 is 16.0 Å². The van der Waals surface area contributed by atoms with Crippen LogP contribution in [0.25, 0.3) is 0 Å². The summed E-state index contributed by atoms with van der Waals surface area (Å²) in [5, 5.41) is 6.27. The molecule has 6 nitrogen and oxygen atoms in total. The Morgan fingerprint density at radius 3 is 2.16 bits per heavy atom. The van der Waals surface area contributed by atoms with Crippen LogP contribution in [0.3, 0.4) is 0 Å². The zero-order chi connectivity index (χ0) is 27.3. The number of rotatable bonds is 6. The van der Waals surface area contributed by atoms with Gasteiger partial charge in [0.2, 0.25) is 11.8 Å². The summed E-state index contributed by atoms with van der Waals surface area (Å²) < 4.78 is 68.4. The molecule has 2 saturated carbocycles. The topological polar surface area (TPSA) is 87.3 Å². The first-order chi connectivity index (χ1) is 17.2. The fourth-order valence-electron chi connectivity index (χ4n) is 3.86. The van der Waals surface area contributed by atoms with Gasteiger partial charge in [-0.1, -0.05) is 18.0 Å². The molecule has 0 spiro atoms. The summed E-state index contributed by atoms with van der Waals surface area (Å²) in [4.78, 5) is 37.4. The minimum Gasteiger partial charge on any atom is -0.326 e. The smallest absolute Gasteiger partial charge is 0.326 e. The van der Waals surface area contributed by atoms with Crippen molar-refractivity contribution < 1.29 is 36.3 Å².